The van der Waals surface area contributed by atoms with Crippen molar-refractivity contribution < 1.29 is 0 Å². The summed E-state index contributed by atoms with van der Waals surface area (Å²) >= 11 is 0. The van der Waals surface area contributed by atoms with Gasteiger partial charge in [-0.05, 0) is 18.6 Å². The first-order chi connectivity index (χ1) is 10.8. The molecule has 1 atom stereocenters. The number of hydrogen-bond donors (Lipinski definition) is 1. The van der Waals surface area contributed by atoms with Crippen molar-refractivity contribution in [3.63, 3.8) is 0 Å². The zero-order chi connectivity index (χ0) is 17.1. The summed E-state index contributed by atoms with van der Waals surface area (Å²) in [6.07, 6.45) is 8.85. The standard InChI is InChI=1S/C15H12B4N4/c1-3-10(16)14(18)15(19)11(17)7-12-9(8(2)20)6-13-21-4-5-23(13)22-12/h1,4-6,8H,7,20H2,2H3/b14-10-,15-11-. The van der Waals surface area contributed by atoms with Crippen molar-refractivity contribution in [3.05, 3.63) is 51.6 Å². The van der Waals surface area contributed by atoms with E-state index in [1.807, 2.05) is 13.0 Å². The molecule has 0 spiro atoms. The van der Waals surface area contributed by atoms with E-state index in [4.69, 9.17) is 43.5 Å². The maximum atomic E-state index is 6.04. The molecule has 8 radical (unpaired) electrons. The van der Waals surface area contributed by atoms with Crippen LogP contribution in [0.3, 0.4) is 0 Å². The number of rotatable bonds is 4. The maximum Gasteiger partial charge on any atom is 0.153 e. The largest absolute Gasteiger partial charge is 0.324 e. The van der Waals surface area contributed by atoms with Gasteiger partial charge in [0.05, 0.1) is 5.69 Å². The van der Waals surface area contributed by atoms with Gasteiger partial charge in [0.2, 0.25) is 0 Å². The maximum absolute atomic E-state index is 6.04. The lowest BCUT2D eigenvalue weighted by Crippen LogP contribution is -2.14. The molecule has 2 heterocycles. The molecule has 4 nitrogen and oxygen atoms in total. The average Bonchev–Trinajstić information content (AvgIpc) is 2.98. The Balaban J connectivity index is 2.48. The van der Waals surface area contributed by atoms with E-state index >= 15 is 0 Å². The highest BCUT2D eigenvalue weighted by atomic mass is 15.2. The van der Waals surface area contributed by atoms with E-state index in [2.05, 4.69) is 16.0 Å². The molecule has 0 amide bonds. The Hall–Kier alpha value is -2.12. The third-order valence-electron chi connectivity index (χ3n) is 3.43. The molecule has 0 saturated heterocycles. The van der Waals surface area contributed by atoms with E-state index in [0.717, 1.165) is 5.56 Å². The van der Waals surface area contributed by atoms with E-state index in [-0.39, 0.29) is 28.9 Å². The van der Waals surface area contributed by atoms with Crippen LogP contribution in [0, 0.1) is 12.3 Å². The van der Waals surface area contributed by atoms with Gasteiger partial charge in [0.15, 0.2) is 5.65 Å². The molecule has 2 aromatic heterocycles. The normalized spacial score (nSPS) is 14.8. The highest BCUT2D eigenvalue weighted by Gasteiger charge is 2.13. The molecule has 0 aliphatic heterocycles. The predicted octanol–water partition coefficient (Wildman–Crippen LogP) is 0.0219. The highest BCUT2D eigenvalue weighted by molar-refractivity contribution is 6.44. The summed E-state index contributed by atoms with van der Waals surface area (Å²) in [5.74, 6) is 2.23. The molecule has 104 valence electrons. The molecule has 23 heavy (non-hydrogen) atoms. The van der Waals surface area contributed by atoms with Gasteiger partial charge in [-0.2, -0.15) is 5.10 Å². The smallest absolute Gasteiger partial charge is 0.153 e. The van der Waals surface area contributed by atoms with Gasteiger partial charge in [0, 0.05) is 24.9 Å². The SMILES string of the molecule is [B]/C(C#C)=C([B])/C([B])=C(/[B])Cc1nn2ccnc2cc1C(C)N. The van der Waals surface area contributed by atoms with Crippen LogP contribution in [0.2, 0.25) is 0 Å². The molecular weight excluding hydrogens is 279 g/mol. The molecule has 0 aromatic carbocycles. The number of hydrogen-bond acceptors (Lipinski definition) is 3. The van der Waals surface area contributed by atoms with Crippen LogP contribution in [0.1, 0.15) is 24.2 Å². The van der Waals surface area contributed by atoms with Crippen molar-refractivity contribution in [2.24, 2.45) is 5.73 Å². The van der Waals surface area contributed by atoms with Crippen molar-refractivity contribution in [1.82, 2.24) is 14.6 Å². The van der Waals surface area contributed by atoms with Gasteiger partial charge in [-0.3, -0.25) is 0 Å². The van der Waals surface area contributed by atoms with Crippen LogP contribution in [0.5, 0.6) is 0 Å². The van der Waals surface area contributed by atoms with Gasteiger partial charge >= 0.3 is 0 Å². The summed E-state index contributed by atoms with van der Waals surface area (Å²) in [5.41, 5.74) is 8.79. The molecule has 0 aliphatic rings. The molecule has 0 bridgehead atoms. The van der Waals surface area contributed by atoms with Crippen LogP contribution in [0.15, 0.2) is 40.3 Å². The van der Waals surface area contributed by atoms with E-state index < -0.39 is 0 Å². The minimum atomic E-state index is -0.239. The third-order valence-corrected chi connectivity index (χ3v) is 3.43. The van der Waals surface area contributed by atoms with E-state index in [1.54, 1.807) is 16.9 Å². The van der Waals surface area contributed by atoms with Gasteiger partial charge in [-0.1, -0.05) is 11.4 Å². The molecule has 0 fully saturated rings. The van der Waals surface area contributed by atoms with E-state index in [0.29, 0.717) is 16.8 Å². The Morgan fingerprint density at radius 1 is 1.35 bits per heavy atom. The minimum Gasteiger partial charge on any atom is -0.324 e. The monoisotopic (exact) mass is 292 g/mol. The Morgan fingerprint density at radius 2 is 2.04 bits per heavy atom. The first-order valence-electron chi connectivity index (χ1n) is 6.90. The molecule has 2 N–H and O–H groups in total. The molecule has 8 heteroatoms. The molecule has 2 rings (SSSR count). The number of imidazole rings is 1. The van der Waals surface area contributed by atoms with Crippen LogP contribution in [0.4, 0.5) is 0 Å². The third kappa shape index (κ3) is 3.62. The second-order valence-electron chi connectivity index (χ2n) is 5.15. The zero-order valence-corrected chi connectivity index (χ0v) is 12.8. The lowest BCUT2D eigenvalue weighted by Gasteiger charge is -2.16. The topological polar surface area (TPSA) is 56.2 Å². The quantitative estimate of drug-likeness (QED) is 0.491. The predicted molar refractivity (Wildman–Crippen MR) is 95.2 cm³/mol. The summed E-state index contributed by atoms with van der Waals surface area (Å²) in [7, 11) is 23.3. The number of aromatic nitrogens is 3. The molecule has 0 saturated carbocycles. The first-order valence-corrected chi connectivity index (χ1v) is 6.90. The number of allylic oxidation sites excluding steroid dienone is 4. The second-order valence-corrected chi connectivity index (χ2v) is 5.15. The minimum absolute atomic E-state index is 0.0379. The lowest BCUT2D eigenvalue weighted by atomic mass is 9.65. The Labute approximate surface area is 141 Å². The fourth-order valence-corrected chi connectivity index (χ4v) is 2.11. The van der Waals surface area contributed by atoms with Crippen LogP contribution in [-0.2, 0) is 6.42 Å². The molecule has 2 aromatic rings. The number of fused-ring (bicyclic) bond motifs is 1. The fourth-order valence-electron chi connectivity index (χ4n) is 2.11. The van der Waals surface area contributed by atoms with E-state index in [1.165, 1.54) is 0 Å². The summed E-state index contributed by atoms with van der Waals surface area (Å²) in [6, 6.07) is 1.63. The van der Waals surface area contributed by atoms with E-state index in [9.17, 15) is 0 Å². The zero-order valence-electron chi connectivity index (χ0n) is 12.8. The molecular formula is C15H12B4N4. The van der Waals surface area contributed by atoms with Crippen LogP contribution >= 0.6 is 0 Å². The summed E-state index contributed by atoms with van der Waals surface area (Å²) in [5, 5.41) is 4.48. The Bertz CT molecular complexity index is 843. The summed E-state index contributed by atoms with van der Waals surface area (Å²) < 4.78 is 1.64. The van der Waals surface area contributed by atoms with Gasteiger partial charge in [-0.15, -0.1) is 22.8 Å². The van der Waals surface area contributed by atoms with Crippen LogP contribution < -0.4 is 5.73 Å². The van der Waals surface area contributed by atoms with Crippen molar-refractivity contribution in [3.8, 4) is 12.3 Å². The van der Waals surface area contributed by atoms with Crippen molar-refractivity contribution in [2.45, 2.75) is 19.4 Å². The number of nitrogens with zero attached hydrogens (tertiary/aromatic N) is 3. The van der Waals surface area contributed by atoms with Crippen molar-refractivity contribution >= 4 is 37.0 Å². The average molecular weight is 292 g/mol. The van der Waals surface area contributed by atoms with Crippen LogP contribution in [-0.4, -0.2) is 46.0 Å². The fraction of sp³-hybridized carbons (Fsp3) is 0.200. The van der Waals surface area contributed by atoms with Crippen LogP contribution in [0.25, 0.3) is 5.65 Å². The Morgan fingerprint density at radius 3 is 2.65 bits per heavy atom. The lowest BCUT2D eigenvalue weighted by molar-refractivity contribution is 0.762. The summed E-state index contributed by atoms with van der Waals surface area (Å²) in [6.45, 7) is 1.85. The Kier molecular flexibility index (Phi) is 5.23. The summed E-state index contributed by atoms with van der Waals surface area (Å²) in [4.78, 5) is 4.19. The molecule has 1 unspecified atom stereocenters. The first kappa shape index (κ1) is 17.2. The van der Waals surface area contributed by atoms with Gasteiger partial charge in [0.25, 0.3) is 0 Å². The van der Waals surface area contributed by atoms with Gasteiger partial charge < -0.3 is 5.73 Å². The number of nitrogens with two attached hydrogens (primary N) is 1. The van der Waals surface area contributed by atoms with Gasteiger partial charge in [0.1, 0.15) is 31.4 Å². The molecule has 0 aliphatic carbocycles. The highest BCUT2D eigenvalue weighted by Crippen LogP contribution is 2.20. The van der Waals surface area contributed by atoms with Gasteiger partial charge in [-0.25, -0.2) is 9.50 Å². The second kappa shape index (κ2) is 6.97. The number of terminal acetylenes is 1. The van der Waals surface area contributed by atoms with Crippen molar-refractivity contribution in [2.75, 3.05) is 0 Å². The van der Waals surface area contributed by atoms with Crippen molar-refractivity contribution in [1.29, 1.82) is 0 Å².